The van der Waals surface area contributed by atoms with Crippen LogP contribution in [0, 0.1) is 5.82 Å². The molecule has 0 bridgehead atoms. The van der Waals surface area contributed by atoms with Gasteiger partial charge in [0, 0.05) is 23.7 Å². The number of halogens is 2. The fourth-order valence-corrected chi connectivity index (χ4v) is 4.11. The molecule has 0 radical (unpaired) electrons. The summed E-state index contributed by atoms with van der Waals surface area (Å²) in [6.45, 7) is 8.65. The Morgan fingerprint density at radius 2 is 2.00 bits per heavy atom. The van der Waals surface area contributed by atoms with Gasteiger partial charge >= 0.3 is 6.09 Å². The number of fused-ring (bicyclic) bond motifs is 1. The summed E-state index contributed by atoms with van der Waals surface area (Å²) in [7, 11) is 0. The molecule has 2 heterocycles. The predicted molar refractivity (Wildman–Crippen MR) is 125 cm³/mol. The van der Waals surface area contributed by atoms with Crippen LogP contribution in [0.15, 0.2) is 48.8 Å². The molecule has 0 N–H and O–H groups in total. The van der Waals surface area contributed by atoms with Crippen molar-refractivity contribution in [2.24, 2.45) is 0 Å². The van der Waals surface area contributed by atoms with E-state index in [1.165, 1.54) is 11.6 Å². The van der Waals surface area contributed by atoms with Crippen molar-refractivity contribution in [1.29, 1.82) is 0 Å². The highest BCUT2D eigenvalue weighted by Crippen LogP contribution is 2.30. The SMILES string of the molecule is C[C@H](c1ccc(Cl)cc1F)n1cnc2ccc(C3=CCN(C(=O)OC(C)(C)C)CC3)cc21. The number of amides is 1. The van der Waals surface area contributed by atoms with Gasteiger partial charge < -0.3 is 14.2 Å². The van der Waals surface area contributed by atoms with Crippen LogP contribution in [0.5, 0.6) is 0 Å². The molecule has 0 saturated heterocycles. The Morgan fingerprint density at radius 1 is 1.22 bits per heavy atom. The van der Waals surface area contributed by atoms with E-state index >= 15 is 0 Å². The Morgan fingerprint density at radius 3 is 2.66 bits per heavy atom. The molecule has 0 aliphatic carbocycles. The standard InChI is InChI=1S/C25H27ClFN3O2/c1-16(20-7-6-19(26)14-21(20)27)30-15-28-22-8-5-18(13-23(22)30)17-9-11-29(12-10-17)24(31)32-25(2,3)4/h5-9,13-16H,10-12H2,1-4H3/t16-/m1/s1. The Bertz CT molecular complexity index is 1200. The van der Waals surface area contributed by atoms with Crippen molar-refractivity contribution in [3.8, 4) is 0 Å². The second-order valence-electron chi connectivity index (χ2n) is 9.10. The van der Waals surface area contributed by atoms with Crippen molar-refractivity contribution in [2.45, 2.75) is 45.8 Å². The van der Waals surface area contributed by atoms with E-state index in [0.29, 0.717) is 23.7 Å². The first-order chi connectivity index (χ1) is 15.1. The number of benzene rings is 2. The number of carbonyl (C=O) groups is 1. The summed E-state index contributed by atoms with van der Waals surface area (Å²) in [6.07, 6.45) is 4.25. The molecule has 0 unspecified atom stereocenters. The lowest BCUT2D eigenvalue weighted by molar-refractivity contribution is 0.0270. The molecule has 32 heavy (non-hydrogen) atoms. The van der Waals surface area contributed by atoms with Crippen LogP contribution in [-0.2, 0) is 4.74 Å². The van der Waals surface area contributed by atoms with Crippen LogP contribution in [0.4, 0.5) is 9.18 Å². The molecule has 1 aliphatic rings. The zero-order valence-electron chi connectivity index (χ0n) is 18.7. The summed E-state index contributed by atoms with van der Waals surface area (Å²) in [5.74, 6) is -0.333. The Kier molecular flexibility index (Phi) is 5.99. The van der Waals surface area contributed by atoms with Crippen molar-refractivity contribution >= 4 is 34.3 Å². The number of carbonyl (C=O) groups excluding carboxylic acids is 1. The highest BCUT2D eigenvalue weighted by Gasteiger charge is 2.24. The van der Waals surface area contributed by atoms with Crippen molar-refractivity contribution in [2.75, 3.05) is 13.1 Å². The first-order valence-corrected chi connectivity index (χ1v) is 11.1. The minimum Gasteiger partial charge on any atom is -0.444 e. The lowest BCUT2D eigenvalue weighted by Crippen LogP contribution is -2.39. The maximum Gasteiger partial charge on any atom is 0.410 e. The normalized spacial score (nSPS) is 15.6. The molecule has 5 nitrogen and oxygen atoms in total. The van der Waals surface area contributed by atoms with E-state index in [2.05, 4.69) is 17.1 Å². The molecule has 2 aromatic carbocycles. The molecule has 1 atom stereocenters. The third kappa shape index (κ3) is 4.65. The van der Waals surface area contributed by atoms with Gasteiger partial charge in [0.1, 0.15) is 11.4 Å². The molecule has 7 heteroatoms. The third-order valence-electron chi connectivity index (χ3n) is 5.64. The van der Waals surface area contributed by atoms with Gasteiger partial charge in [0.15, 0.2) is 0 Å². The largest absolute Gasteiger partial charge is 0.444 e. The minimum atomic E-state index is -0.509. The average Bonchev–Trinajstić information content (AvgIpc) is 3.15. The minimum absolute atomic E-state index is 0.240. The lowest BCUT2D eigenvalue weighted by Gasteiger charge is -2.29. The number of hydrogen-bond donors (Lipinski definition) is 0. The zero-order valence-corrected chi connectivity index (χ0v) is 19.5. The molecular weight excluding hydrogens is 429 g/mol. The van der Waals surface area contributed by atoms with Crippen LogP contribution in [0.3, 0.4) is 0 Å². The van der Waals surface area contributed by atoms with Gasteiger partial charge in [-0.1, -0.05) is 29.8 Å². The smallest absolute Gasteiger partial charge is 0.410 e. The lowest BCUT2D eigenvalue weighted by atomic mass is 9.99. The third-order valence-corrected chi connectivity index (χ3v) is 5.87. The summed E-state index contributed by atoms with van der Waals surface area (Å²) < 4.78 is 21.9. The summed E-state index contributed by atoms with van der Waals surface area (Å²) in [6, 6.07) is 10.6. The number of hydrogen-bond acceptors (Lipinski definition) is 3. The van der Waals surface area contributed by atoms with E-state index in [0.717, 1.165) is 23.0 Å². The molecule has 4 rings (SSSR count). The van der Waals surface area contributed by atoms with Crippen LogP contribution in [0.1, 0.15) is 51.3 Å². The van der Waals surface area contributed by atoms with Gasteiger partial charge in [-0.05, 0) is 69.5 Å². The molecule has 3 aromatic rings. The molecule has 1 aromatic heterocycles. The van der Waals surface area contributed by atoms with Gasteiger partial charge in [-0.3, -0.25) is 0 Å². The highest BCUT2D eigenvalue weighted by molar-refractivity contribution is 6.30. The number of imidazole rings is 1. The average molecular weight is 456 g/mol. The van der Waals surface area contributed by atoms with Gasteiger partial charge in [-0.2, -0.15) is 0 Å². The van der Waals surface area contributed by atoms with Gasteiger partial charge in [0.05, 0.1) is 23.4 Å². The zero-order chi connectivity index (χ0) is 23.0. The summed E-state index contributed by atoms with van der Waals surface area (Å²) in [5, 5.41) is 0.376. The van der Waals surface area contributed by atoms with Crippen LogP contribution in [-0.4, -0.2) is 39.2 Å². The molecule has 0 spiro atoms. The van der Waals surface area contributed by atoms with E-state index in [4.69, 9.17) is 16.3 Å². The Hall–Kier alpha value is -2.86. The monoisotopic (exact) mass is 455 g/mol. The van der Waals surface area contributed by atoms with Gasteiger partial charge in [0.25, 0.3) is 0 Å². The summed E-state index contributed by atoms with van der Waals surface area (Å²) in [5.41, 5.74) is 4.08. The van der Waals surface area contributed by atoms with Crippen LogP contribution in [0.2, 0.25) is 5.02 Å². The Labute approximate surface area is 192 Å². The topological polar surface area (TPSA) is 47.4 Å². The number of rotatable bonds is 3. The van der Waals surface area contributed by atoms with Gasteiger partial charge in [-0.25, -0.2) is 14.2 Å². The maximum absolute atomic E-state index is 14.5. The first-order valence-electron chi connectivity index (χ1n) is 10.7. The maximum atomic E-state index is 14.5. The molecule has 1 amide bonds. The fourth-order valence-electron chi connectivity index (χ4n) is 3.95. The van der Waals surface area contributed by atoms with Crippen molar-refractivity contribution in [3.63, 3.8) is 0 Å². The second-order valence-corrected chi connectivity index (χ2v) is 9.54. The fraction of sp³-hybridized carbons (Fsp3) is 0.360. The predicted octanol–water partition coefficient (Wildman–Crippen LogP) is 6.46. The van der Waals surface area contributed by atoms with E-state index in [9.17, 15) is 9.18 Å². The highest BCUT2D eigenvalue weighted by atomic mass is 35.5. The van der Waals surface area contributed by atoms with Crippen LogP contribution in [0.25, 0.3) is 16.6 Å². The van der Waals surface area contributed by atoms with E-state index in [1.807, 2.05) is 44.4 Å². The molecule has 0 fully saturated rings. The van der Waals surface area contributed by atoms with Crippen molar-refractivity contribution in [1.82, 2.24) is 14.5 Å². The quantitative estimate of drug-likeness (QED) is 0.455. The van der Waals surface area contributed by atoms with Crippen molar-refractivity contribution < 1.29 is 13.9 Å². The molecule has 0 saturated carbocycles. The van der Waals surface area contributed by atoms with E-state index in [-0.39, 0.29) is 18.0 Å². The van der Waals surface area contributed by atoms with Crippen LogP contribution >= 0.6 is 11.6 Å². The Balaban J connectivity index is 1.59. The molecule has 1 aliphatic heterocycles. The summed E-state index contributed by atoms with van der Waals surface area (Å²) >= 11 is 5.91. The number of nitrogens with zero attached hydrogens (tertiary/aromatic N) is 3. The van der Waals surface area contributed by atoms with Gasteiger partial charge in [-0.15, -0.1) is 0 Å². The van der Waals surface area contributed by atoms with E-state index < -0.39 is 5.60 Å². The van der Waals surface area contributed by atoms with Crippen molar-refractivity contribution in [3.05, 3.63) is 70.8 Å². The molecular formula is C25H27ClFN3O2. The first kappa shape index (κ1) is 22.3. The number of aromatic nitrogens is 2. The van der Waals surface area contributed by atoms with Gasteiger partial charge in [0.2, 0.25) is 0 Å². The number of ether oxygens (including phenoxy) is 1. The molecule has 168 valence electrons. The second kappa shape index (κ2) is 8.58. The summed E-state index contributed by atoms with van der Waals surface area (Å²) in [4.78, 5) is 18.5. The van der Waals surface area contributed by atoms with Crippen LogP contribution < -0.4 is 0 Å². The van der Waals surface area contributed by atoms with E-state index in [1.54, 1.807) is 23.4 Å².